The van der Waals surface area contributed by atoms with Crippen LogP contribution in [0.25, 0.3) is 0 Å². The second-order valence-corrected chi connectivity index (χ2v) is 9.16. The maximum atomic E-state index is 13.6. The van der Waals surface area contributed by atoms with Crippen molar-refractivity contribution in [2.24, 2.45) is 11.8 Å². The number of hydrogen-bond acceptors (Lipinski definition) is 7. The molecule has 3 heterocycles. The zero-order valence-electron chi connectivity index (χ0n) is 16.2. The third-order valence-electron chi connectivity index (χ3n) is 5.77. The predicted molar refractivity (Wildman–Crippen MR) is 114 cm³/mol. The fourth-order valence-corrected chi connectivity index (χ4v) is 5.86. The standard InChI is InChI=1S/C21H22N2O4S2/c1-27-20(26)21(10-12-28-2)16-15(17(22-21)14-9-6-11-29-14)18(24)23(19(16)25)13-7-4-3-5-8-13/h3-9,11,15-17,22H,10,12H2,1-2H3/t15-,16-,17-,21-/m1/s1. The average Bonchev–Trinajstić information content (AvgIpc) is 3.44. The average molecular weight is 431 g/mol. The fraction of sp³-hybridized carbons (Fsp3) is 0.381. The Morgan fingerprint density at radius 1 is 1.21 bits per heavy atom. The molecule has 2 saturated heterocycles. The minimum absolute atomic E-state index is 0.271. The van der Waals surface area contributed by atoms with Crippen LogP contribution < -0.4 is 10.2 Å². The Balaban J connectivity index is 1.84. The molecule has 4 atom stereocenters. The van der Waals surface area contributed by atoms with Gasteiger partial charge in [-0.1, -0.05) is 24.3 Å². The van der Waals surface area contributed by atoms with E-state index >= 15 is 0 Å². The molecule has 0 bridgehead atoms. The number of esters is 1. The first-order valence-corrected chi connectivity index (χ1v) is 11.6. The Labute approximate surface area is 177 Å². The summed E-state index contributed by atoms with van der Waals surface area (Å²) in [6.45, 7) is 0. The number of methoxy groups -OCH3 is 1. The van der Waals surface area contributed by atoms with Crippen LogP contribution in [-0.4, -0.2) is 42.4 Å². The molecule has 0 radical (unpaired) electrons. The van der Waals surface area contributed by atoms with Gasteiger partial charge in [0, 0.05) is 4.88 Å². The Morgan fingerprint density at radius 3 is 2.59 bits per heavy atom. The first-order chi connectivity index (χ1) is 14.0. The van der Waals surface area contributed by atoms with Crippen LogP contribution in [0.5, 0.6) is 0 Å². The number of ether oxygens (including phenoxy) is 1. The number of imide groups is 1. The number of anilines is 1. The minimum atomic E-state index is -1.23. The molecular weight excluding hydrogens is 408 g/mol. The van der Waals surface area contributed by atoms with Crippen molar-refractivity contribution in [3.05, 3.63) is 52.7 Å². The molecule has 0 spiro atoms. The Morgan fingerprint density at radius 2 is 1.97 bits per heavy atom. The number of rotatable bonds is 6. The number of fused-ring (bicyclic) bond motifs is 1. The molecule has 1 aromatic heterocycles. The maximum absolute atomic E-state index is 13.6. The number of carbonyl (C=O) groups excluding carboxylic acids is 3. The van der Waals surface area contributed by atoms with E-state index in [2.05, 4.69) is 5.32 Å². The number of nitrogens with zero attached hydrogens (tertiary/aromatic N) is 1. The van der Waals surface area contributed by atoms with E-state index in [9.17, 15) is 14.4 Å². The molecule has 4 rings (SSSR count). The van der Waals surface area contributed by atoms with Crippen LogP contribution in [0.4, 0.5) is 5.69 Å². The molecule has 0 aliphatic carbocycles. The summed E-state index contributed by atoms with van der Waals surface area (Å²) in [5.41, 5.74) is -0.696. The van der Waals surface area contributed by atoms with Gasteiger partial charge in [-0.15, -0.1) is 11.3 Å². The van der Waals surface area contributed by atoms with E-state index < -0.39 is 29.4 Å². The third-order valence-corrected chi connectivity index (χ3v) is 7.34. The molecule has 2 amide bonds. The number of para-hydroxylation sites is 1. The van der Waals surface area contributed by atoms with Crippen LogP contribution in [0.15, 0.2) is 47.8 Å². The van der Waals surface area contributed by atoms with Crippen LogP contribution in [0, 0.1) is 11.8 Å². The van der Waals surface area contributed by atoms with Gasteiger partial charge in [0.05, 0.1) is 30.7 Å². The fourth-order valence-electron chi connectivity index (χ4n) is 4.51. The van der Waals surface area contributed by atoms with E-state index in [1.54, 1.807) is 36.0 Å². The topological polar surface area (TPSA) is 75.7 Å². The normalized spacial score (nSPS) is 28.6. The summed E-state index contributed by atoms with van der Waals surface area (Å²) in [6, 6.07) is 12.3. The summed E-state index contributed by atoms with van der Waals surface area (Å²) < 4.78 is 5.14. The van der Waals surface area contributed by atoms with Crippen molar-refractivity contribution >= 4 is 46.6 Å². The molecule has 0 unspecified atom stereocenters. The van der Waals surface area contributed by atoms with Gasteiger partial charge in [0.15, 0.2) is 0 Å². The number of hydrogen-bond donors (Lipinski definition) is 1. The highest BCUT2D eigenvalue weighted by molar-refractivity contribution is 7.98. The Bertz CT molecular complexity index is 918. The molecule has 1 N–H and O–H groups in total. The lowest BCUT2D eigenvalue weighted by atomic mass is 9.78. The van der Waals surface area contributed by atoms with Gasteiger partial charge < -0.3 is 4.74 Å². The number of thiophene rings is 1. The van der Waals surface area contributed by atoms with E-state index in [1.165, 1.54) is 23.3 Å². The van der Waals surface area contributed by atoms with Gasteiger partial charge in [-0.05, 0) is 42.0 Å². The quantitative estimate of drug-likeness (QED) is 0.561. The van der Waals surface area contributed by atoms with Crippen molar-refractivity contribution in [3.63, 3.8) is 0 Å². The highest BCUT2D eigenvalue weighted by Gasteiger charge is 2.68. The summed E-state index contributed by atoms with van der Waals surface area (Å²) in [6.07, 6.45) is 2.36. The highest BCUT2D eigenvalue weighted by Crippen LogP contribution is 2.52. The second-order valence-electron chi connectivity index (χ2n) is 7.19. The largest absolute Gasteiger partial charge is 0.468 e. The van der Waals surface area contributed by atoms with Crippen LogP contribution in [0.1, 0.15) is 17.3 Å². The SMILES string of the molecule is COC(=O)[C@]1(CCSC)N[C@H](c2cccs2)[C@@H]2C(=O)N(c3ccccc3)C(=O)[C@@H]21. The number of benzene rings is 1. The lowest BCUT2D eigenvalue weighted by Gasteiger charge is -2.32. The smallest absolute Gasteiger partial charge is 0.326 e. The lowest BCUT2D eigenvalue weighted by Crippen LogP contribution is -2.56. The first kappa shape index (κ1) is 20.1. The van der Waals surface area contributed by atoms with E-state index in [-0.39, 0.29) is 11.8 Å². The first-order valence-electron chi connectivity index (χ1n) is 9.36. The van der Waals surface area contributed by atoms with Crippen LogP contribution in [-0.2, 0) is 19.1 Å². The summed E-state index contributed by atoms with van der Waals surface area (Å²) in [4.78, 5) is 42.3. The minimum Gasteiger partial charge on any atom is -0.468 e. The van der Waals surface area contributed by atoms with Crippen molar-refractivity contribution < 1.29 is 19.1 Å². The monoisotopic (exact) mass is 430 g/mol. The summed E-state index contributed by atoms with van der Waals surface area (Å²) in [5, 5.41) is 5.31. The van der Waals surface area contributed by atoms with Gasteiger partial charge in [0.1, 0.15) is 5.54 Å². The molecule has 0 saturated carbocycles. The van der Waals surface area contributed by atoms with E-state index in [1.807, 2.05) is 29.8 Å². The number of amides is 2. The number of nitrogens with one attached hydrogen (secondary N) is 1. The van der Waals surface area contributed by atoms with E-state index in [4.69, 9.17) is 4.74 Å². The molecule has 2 fully saturated rings. The highest BCUT2D eigenvalue weighted by atomic mass is 32.2. The van der Waals surface area contributed by atoms with Gasteiger partial charge in [0.2, 0.25) is 11.8 Å². The lowest BCUT2D eigenvalue weighted by molar-refractivity contribution is -0.152. The molecule has 29 heavy (non-hydrogen) atoms. The molecule has 2 aliphatic heterocycles. The van der Waals surface area contributed by atoms with Gasteiger partial charge >= 0.3 is 5.97 Å². The summed E-state index contributed by atoms with van der Waals surface area (Å²) in [7, 11) is 1.33. The van der Waals surface area contributed by atoms with Gasteiger partial charge in [-0.25, -0.2) is 4.90 Å². The summed E-state index contributed by atoms with van der Waals surface area (Å²) >= 11 is 3.10. The second kappa shape index (κ2) is 7.93. The van der Waals surface area contributed by atoms with Crippen LogP contribution in [0.3, 0.4) is 0 Å². The zero-order chi connectivity index (χ0) is 20.6. The van der Waals surface area contributed by atoms with Crippen molar-refractivity contribution in [1.82, 2.24) is 5.32 Å². The zero-order valence-corrected chi connectivity index (χ0v) is 17.8. The van der Waals surface area contributed by atoms with Gasteiger partial charge in [-0.2, -0.15) is 11.8 Å². The molecule has 8 heteroatoms. The van der Waals surface area contributed by atoms with E-state index in [0.29, 0.717) is 17.9 Å². The maximum Gasteiger partial charge on any atom is 0.326 e. The molecule has 2 aromatic rings. The Kier molecular flexibility index (Phi) is 5.50. The Hall–Kier alpha value is -2.16. The number of carbonyl (C=O) groups is 3. The third kappa shape index (κ3) is 3.10. The van der Waals surface area contributed by atoms with Crippen LogP contribution >= 0.6 is 23.1 Å². The van der Waals surface area contributed by atoms with Crippen molar-refractivity contribution in [1.29, 1.82) is 0 Å². The van der Waals surface area contributed by atoms with Crippen LogP contribution in [0.2, 0.25) is 0 Å². The molecular formula is C21H22N2O4S2. The number of thioether (sulfide) groups is 1. The molecule has 152 valence electrons. The van der Waals surface area contributed by atoms with Crippen molar-refractivity contribution in [2.45, 2.75) is 18.0 Å². The van der Waals surface area contributed by atoms with E-state index in [0.717, 1.165) is 4.88 Å². The summed E-state index contributed by atoms with van der Waals surface area (Å²) in [5.74, 6) is -1.90. The molecule has 2 aliphatic rings. The van der Waals surface area contributed by atoms with Gasteiger partial charge in [-0.3, -0.25) is 19.7 Å². The van der Waals surface area contributed by atoms with Crippen molar-refractivity contribution in [3.8, 4) is 0 Å². The van der Waals surface area contributed by atoms with Gasteiger partial charge in [0.25, 0.3) is 0 Å². The molecule has 6 nitrogen and oxygen atoms in total. The predicted octanol–water partition coefficient (Wildman–Crippen LogP) is 2.86. The van der Waals surface area contributed by atoms with Crippen molar-refractivity contribution in [2.75, 3.05) is 24.0 Å². The molecule has 1 aromatic carbocycles.